The zero-order valence-electron chi connectivity index (χ0n) is 11.9. The van der Waals surface area contributed by atoms with Gasteiger partial charge in [-0.3, -0.25) is 4.79 Å². The second-order valence-corrected chi connectivity index (χ2v) is 5.70. The maximum absolute atomic E-state index is 12.6. The van der Waals surface area contributed by atoms with Crippen molar-refractivity contribution in [2.24, 2.45) is 0 Å². The number of hydrogen-bond acceptors (Lipinski definition) is 2. The lowest BCUT2D eigenvalue weighted by Gasteiger charge is -2.35. The van der Waals surface area contributed by atoms with E-state index in [1.807, 2.05) is 47.4 Å². The van der Waals surface area contributed by atoms with Crippen LogP contribution in [-0.2, 0) is 11.2 Å². The van der Waals surface area contributed by atoms with Crippen molar-refractivity contribution in [2.75, 3.05) is 29.9 Å². The number of amides is 1. The molecule has 1 aliphatic rings. The number of halogens is 1. The van der Waals surface area contributed by atoms with Crippen LogP contribution in [0.1, 0.15) is 5.56 Å². The van der Waals surface area contributed by atoms with Crippen molar-refractivity contribution < 1.29 is 4.79 Å². The van der Waals surface area contributed by atoms with Gasteiger partial charge in [-0.2, -0.15) is 0 Å². The number of benzene rings is 2. The monoisotopic (exact) mass is 300 g/mol. The minimum atomic E-state index is 0.123. The fourth-order valence-corrected chi connectivity index (χ4v) is 2.76. The zero-order valence-corrected chi connectivity index (χ0v) is 12.7. The normalized spacial score (nSPS) is 14.0. The molecular weight excluding hydrogens is 284 g/mol. The maximum atomic E-state index is 12.6. The number of hydrogen-bond donors (Lipinski definition) is 0. The van der Waals surface area contributed by atoms with Gasteiger partial charge in [0.2, 0.25) is 5.91 Å². The molecule has 0 atom stereocenters. The lowest BCUT2D eigenvalue weighted by molar-refractivity contribution is -0.118. The summed E-state index contributed by atoms with van der Waals surface area (Å²) in [7, 11) is 2.06. The zero-order chi connectivity index (χ0) is 14.8. The summed E-state index contributed by atoms with van der Waals surface area (Å²) in [6, 6.07) is 15.5. The number of anilines is 2. The van der Waals surface area contributed by atoms with Crippen LogP contribution < -0.4 is 9.80 Å². The smallest absolute Gasteiger partial charge is 0.231 e. The summed E-state index contributed by atoms with van der Waals surface area (Å²) < 4.78 is 0. The molecule has 0 N–H and O–H groups in total. The first-order chi connectivity index (χ1) is 10.1. The first-order valence-corrected chi connectivity index (χ1v) is 7.38. The number of para-hydroxylation sites is 2. The van der Waals surface area contributed by atoms with Gasteiger partial charge in [0, 0.05) is 25.2 Å². The molecule has 2 aromatic carbocycles. The fraction of sp³-hybridized carbons (Fsp3) is 0.235. The summed E-state index contributed by atoms with van der Waals surface area (Å²) in [6.45, 7) is 1.57. The van der Waals surface area contributed by atoms with Crippen LogP contribution in [0.25, 0.3) is 0 Å². The van der Waals surface area contributed by atoms with Gasteiger partial charge in [0.05, 0.1) is 17.8 Å². The third kappa shape index (κ3) is 2.88. The first-order valence-electron chi connectivity index (χ1n) is 7.00. The van der Waals surface area contributed by atoms with Crippen molar-refractivity contribution in [1.29, 1.82) is 0 Å². The van der Waals surface area contributed by atoms with Gasteiger partial charge in [-0.15, -0.1) is 0 Å². The molecular formula is C17H17ClN2O. The quantitative estimate of drug-likeness (QED) is 0.849. The summed E-state index contributed by atoms with van der Waals surface area (Å²) >= 11 is 5.88. The predicted octanol–water partition coefficient (Wildman–Crippen LogP) is 3.37. The average Bonchev–Trinajstić information content (AvgIpc) is 2.50. The van der Waals surface area contributed by atoms with E-state index in [1.54, 1.807) is 0 Å². The van der Waals surface area contributed by atoms with Crippen LogP contribution in [0, 0.1) is 0 Å². The molecule has 0 aromatic heterocycles. The highest BCUT2D eigenvalue weighted by Crippen LogP contribution is 2.32. The lowest BCUT2D eigenvalue weighted by Crippen LogP contribution is -2.43. The molecule has 0 unspecified atom stereocenters. The molecule has 1 aliphatic heterocycles. The summed E-state index contributed by atoms with van der Waals surface area (Å²) in [5, 5.41) is 0.691. The van der Waals surface area contributed by atoms with E-state index in [9.17, 15) is 4.79 Å². The number of fused-ring (bicyclic) bond motifs is 1. The van der Waals surface area contributed by atoms with Crippen LogP contribution >= 0.6 is 11.6 Å². The topological polar surface area (TPSA) is 23.6 Å². The molecule has 0 aliphatic carbocycles. The number of nitrogens with zero attached hydrogens (tertiary/aromatic N) is 2. The first kappa shape index (κ1) is 14.0. The Balaban J connectivity index is 1.82. The molecule has 0 spiro atoms. The number of carbonyl (C=O) groups is 1. The SMILES string of the molecule is CN1CCN(C(=O)Cc2ccc(Cl)cc2)c2ccccc21. The van der Waals surface area contributed by atoms with Gasteiger partial charge in [-0.1, -0.05) is 35.9 Å². The second-order valence-electron chi connectivity index (χ2n) is 5.26. The van der Waals surface area contributed by atoms with Crippen molar-refractivity contribution in [2.45, 2.75) is 6.42 Å². The molecule has 0 saturated heterocycles. The molecule has 3 nitrogen and oxygen atoms in total. The van der Waals surface area contributed by atoms with Gasteiger partial charge in [-0.05, 0) is 29.8 Å². The highest BCUT2D eigenvalue weighted by atomic mass is 35.5. The summed E-state index contributed by atoms with van der Waals surface area (Å²) in [5.74, 6) is 0.123. The summed E-state index contributed by atoms with van der Waals surface area (Å²) in [5.41, 5.74) is 3.08. The Labute approximate surface area is 129 Å². The van der Waals surface area contributed by atoms with E-state index in [2.05, 4.69) is 18.0 Å². The third-order valence-electron chi connectivity index (χ3n) is 3.81. The molecule has 3 rings (SSSR count). The van der Waals surface area contributed by atoms with Gasteiger partial charge in [0.1, 0.15) is 0 Å². The predicted molar refractivity (Wildman–Crippen MR) is 87.2 cm³/mol. The Hall–Kier alpha value is -2.00. The summed E-state index contributed by atoms with van der Waals surface area (Å²) in [4.78, 5) is 16.7. The summed E-state index contributed by atoms with van der Waals surface area (Å²) in [6.07, 6.45) is 0.398. The number of carbonyl (C=O) groups excluding carboxylic acids is 1. The van der Waals surface area contributed by atoms with E-state index < -0.39 is 0 Å². The van der Waals surface area contributed by atoms with E-state index in [-0.39, 0.29) is 5.91 Å². The van der Waals surface area contributed by atoms with Crippen LogP contribution in [0.2, 0.25) is 5.02 Å². The van der Waals surface area contributed by atoms with Crippen molar-refractivity contribution in [3.8, 4) is 0 Å². The molecule has 1 heterocycles. The van der Waals surface area contributed by atoms with Gasteiger partial charge in [0.25, 0.3) is 0 Å². The third-order valence-corrected chi connectivity index (χ3v) is 4.06. The van der Waals surface area contributed by atoms with Crippen LogP contribution in [0.5, 0.6) is 0 Å². The number of likely N-dealkylation sites (N-methyl/N-ethyl adjacent to an activating group) is 1. The Kier molecular flexibility index (Phi) is 3.84. The Morgan fingerprint density at radius 3 is 2.43 bits per heavy atom. The molecule has 108 valence electrons. The highest BCUT2D eigenvalue weighted by molar-refractivity contribution is 6.30. The van der Waals surface area contributed by atoms with Crippen LogP contribution in [-0.4, -0.2) is 26.0 Å². The molecule has 21 heavy (non-hydrogen) atoms. The number of rotatable bonds is 2. The molecule has 0 saturated carbocycles. The van der Waals surface area contributed by atoms with E-state index in [0.29, 0.717) is 11.4 Å². The molecule has 0 bridgehead atoms. The van der Waals surface area contributed by atoms with Crippen molar-refractivity contribution in [1.82, 2.24) is 0 Å². The molecule has 0 radical (unpaired) electrons. The minimum Gasteiger partial charge on any atom is -0.371 e. The van der Waals surface area contributed by atoms with Gasteiger partial charge in [-0.25, -0.2) is 0 Å². The van der Waals surface area contributed by atoms with E-state index in [1.165, 1.54) is 0 Å². The van der Waals surface area contributed by atoms with E-state index in [4.69, 9.17) is 11.6 Å². The van der Waals surface area contributed by atoms with Crippen LogP contribution in [0.15, 0.2) is 48.5 Å². The highest BCUT2D eigenvalue weighted by Gasteiger charge is 2.24. The maximum Gasteiger partial charge on any atom is 0.231 e. The molecule has 4 heteroatoms. The molecule has 0 fully saturated rings. The van der Waals surface area contributed by atoms with Crippen molar-refractivity contribution in [3.63, 3.8) is 0 Å². The Morgan fingerprint density at radius 1 is 1.05 bits per heavy atom. The van der Waals surface area contributed by atoms with Crippen LogP contribution in [0.4, 0.5) is 11.4 Å². The van der Waals surface area contributed by atoms with Gasteiger partial charge in [0.15, 0.2) is 0 Å². The fourth-order valence-electron chi connectivity index (χ4n) is 2.64. The van der Waals surface area contributed by atoms with Crippen LogP contribution in [0.3, 0.4) is 0 Å². The minimum absolute atomic E-state index is 0.123. The van der Waals surface area contributed by atoms with E-state index in [0.717, 1.165) is 30.0 Å². The Bertz CT molecular complexity index is 654. The standard InChI is InChI=1S/C17H17ClN2O/c1-19-10-11-20(16-5-3-2-4-15(16)19)17(21)12-13-6-8-14(18)9-7-13/h2-9H,10-12H2,1H3. The molecule has 1 amide bonds. The van der Waals surface area contributed by atoms with E-state index >= 15 is 0 Å². The van der Waals surface area contributed by atoms with Gasteiger partial charge >= 0.3 is 0 Å². The largest absolute Gasteiger partial charge is 0.371 e. The van der Waals surface area contributed by atoms with Crippen molar-refractivity contribution in [3.05, 3.63) is 59.1 Å². The molecule has 2 aromatic rings. The van der Waals surface area contributed by atoms with Crippen molar-refractivity contribution >= 4 is 28.9 Å². The lowest BCUT2D eigenvalue weighted by atomic mass is 10.1. The second kappa shape index (κ2) is 5.78. The van der Waals surface area contributed by atoms with Gasteiger partial charge < -0.3 is 9.80 Å². The Morgan fingerprint density at radius 2 is 1.71 bits per heavy atom. The average molecular weight is 301 g/mol.